The van der Waals surface area contributed by atoms with Gasteiger partial charge in [-0.15, -0.1) is 0 Å². The molecule has 0 bridgehead atoms. The summed E-state index contributed by atoms with van der Waals surface area (Å²) in [4.78, 5) is 2.51. The van der Waals surface area contributed by atoms with Crippen molar-refractivity contribution in [3.63, 3.8) is 0 Å². The fraction of sp³-hybridized carbons (Fsp3) is 0.593. The van der Waals surface area contributed by atoms with Gasteiger partial charge in [0.1, 0.15) is 24.5 Å². The summed E-state index contributed by atoms with van der Waals surface area (Å²) in [5.41, 5.74) is 8.69. The summed E-state index contributed by atoms with van der Waals surface area (Å²) in [6.07, 6.45) is 4.68. The molecule has 0 aliphatic carbocycles. The smallest absolute Gasteiger partial charge is 0.229 e. The molecular formula is C27H43N2+. The highest BCUT2D eigenvalue weighted by molar-refractivity contribution is 5.82. The molecule has 0 aromatic heterocycles. The zero-order valence-electron chi connectivity index (χ0n) is 20.5. The molecule has 0 amide bonds. The van der Waals surface area contributed by atoms with Gasteiger partial charge >= 0.3 is 0 Å². The molecule has 1 heterocycles. The van der Waals surface area contributed by atoms with Crippen molar-refractivity contribution in [2.45, 2.75) is 81.1 Å². The largest absolute Gasteiger partial charge is 0.244 e. The molecule has 0 radical (unpaired) electrons. The maximum absolute atomic E-state index is 2.51. The zero-order valence-corrected chi connectivity index (χ0v) is 20.5. The van der Waals surface area contributed by atoms with Crippen molar-refractivity contribution in [3.8, 4) is 0 Å². The number of nitrogens with zero attached hydrogens (tertiary/aromatic N) is 2. The topological polar surface area (TPSA) is 6.25 Å². The average molecular weight is 396 g/mol. The Bertz CT molecular complexity index is 778. The van der Waals surface area contributed by atoms with Crippen LogP contribution in [0.1, 0.15) is 92.2 Å². The van der Waals surface area contributed by atoms with Crippen molar-refractivity contribution in [2.75, 3.05) is 18.0 Å². The molecule has 2 heteroatoms. The molecule has 0 N–H and O–H groups in total. The van der Waals surface area contributed by atoms with Crippen LogP contribution in [-0.4, -0.2) is 24.0 Å². The van der Waals surface area contributed by atoms with Crippen LogP contribution in [0.5, 0.6) is 0 Å². The number of benzene rings is 1. The highest BCUT2D eigenvalue weighted by atomic mass is 15.3. The Morgan fingerprint density at radius 3 is 1.90 bits per heavy atom. The fourth-order valence-electron chi connectivity index (χ4n) is 4.32. The molecule has 0 saturated heterocycles. The van der Waals surface area contributed by atoms with Crippen molar-refractivity contribution < 1.29 is 4.58 Å². The summed E-state index contributed by atoms with van der Waals surface area (Å²) in [7, 11) is 0. The SMILES string of the molecule is CC=C(C(=C(C)C(C)C)[N+]1=CN(c2c(C(C)C)cccc2C(C)C)CC1)C(C)C. The second kappa shape index (κ2) is 9.78. The van der Waals surface area contributed by atoms with Crippen LogP contribution in [0, 0.1) is 11.8 Å². The lowest BCUT2D eigenvalue weighted by molar-refractivity contribution is -0.459. The molecule has 0 fully saturated rings. The van der Waals surface area contributed by atoms with Gasteiger partial charge in [0, 0.05) is 11.1 Å². The number of anilines is 1. The van der Waals surface area contributed by atoms with E-state index in [1.54, 1.807) is 0 Å². The standard InChI is InChI=1S/C27H43N2/c1-11-23(19(4)5)26(22(10)18(2)3)28-15-16-29(17-28)27-24(20(6)7)13-12-14-25(27)21(8)9/h11-14,17-21H,15-16H2,1-10H3/q+1. The molecule has 29 heavy (non-hydrogen) atoms. The number of allylic oxidation sites excluding steroid dienone is 3. The normalized spacial score (nSPS) is 16.4. The van der Waals surface area contributed by atoms with Gasteiger partial charge in [0.15, 0.2) is 0 Å². The lowest BCUT2D eigenvalue weighted by atomic mass is 9.92. The lowest BCUT2D eigenvalue weighted by Gasteiger charge is -2.21. The van der Waals surface area contributed by atoms with E-state index in [4.69, 9.17) is 0 Å². The fourth-order valence-corrected chi connectivity index (χ4v) is 4.32. The van der Waals surface area contributed by atoms with Gasteiger partial charge in [-0.05, 0) is 48.7 Å². The molecule has 1 aliphatic heterocycles. The Labute approximate surface area is 180 Å². The molecule has 160 valence electrons. The summed E-state index contributed by atoms with van der Waals surface area (Å²) < 4.78 is 2.51. The Hall–Kier alpha value is -1.83. The molecule has 0 spiro atoms. The number of rotatable bonds is 7. The molecule has 2 nitrogen and oxygen atoms in total. The van der Waals surface area contributed by atoms with Gasteiger partial charge in [-0.2, -0.15) is 0 Å². The highest BCUT2D eigenvalue weighted by Crippen LogP contribution is 2.36. The van der Waals surface area contributed by atoms with Crippen molar-refractivity contribution in [2.24, 2.45) is 11.8 Å². The maximum Gasteiger partial charge on any atom is 0.244 e. The molecule has 0 unspecified atom stereocenters. The van der Waals surface area contributed by atoms with Gasteiger partial charge in [0.05, 0.1) is 0 Å². The molecule has 0 atom stereocenters. The first-order chi connectivity index (χ1) is 13.6. The van der Waals surface area contributed by atoms with Crippen molar-refractivity contribution in [3.05, 3.63) is 52.2 Å². The van der Waals surface area contributed by atoms with Crippen LogP contribution in [-0.2, 0) is 0 Å². The Morgan fingerprint density at radius 1 is 0.931 bits per heavy atom. The predicted octanol–water partition coefficient (Wildman–Crippen LogP) is 7.33. The molecule has 1 aromatic rings. The molecular weight excluding hydrogens is 352 g/mol. The van der Waals surface area contributed by atoms with Crippen molar-refractivity contribution in [1.29, 1.82) is 0 Å². The summed E-state index contributed by atoms with van der Waals surface area (Å²) in [5.74, 6) is 2.08. The summed E-state index contributed by atoms with van der Waals surface area (Å²) in [6, 6.07) is 6.85. The van der Waals surface area contributed by atoms with E-state index < -0.39 is 0 Å². The third-order valence-electron chi connectivity index (χ3n) is 6.22. The maximum atomic E-state index is 2.51. The Balaban J connectivity index is 2.63. The van der Waals surface area contributed by atoms with Gasteiger partial charge in [-0.3, -0.25) is 0 Å². The quantitative estimate of drug-likeness (QED) is 0.346. The minimum atomic E-state index is 0.514. The Kier molecular flexibility index (Phi) is 7.91. The van der Waals surface area contributed by atoms with Gasteiger partial charge in [-0.1, -0.05) is 79.7 Å². The highest BCUT2D eigenvalue weighted by Gasteiger charge is 2.31. The van der Waals surface area contributed by atoms with E-state index >= 15 is 0 Å². The molecule has 2 rings (SSSR count). The molecule has 1 aliphatic rings. The van der Waals surface area contributed by atoms with E-state index in [9.17, 15) is 0 Å². The first kappa shape index (κ1) is 23.4. The third kappa shape index (κ3) is 5.02. The summed E-state index contributed by atoms with van der Waals surface area (Å²) >= 11 is 0. The summed E-state index contributed by atoms with van der Waals surface area (Å²) in [5, 5.41) is 0. The average Bonchev–Trinajstić information content (AvgIpc) is 3.13. The number of hydrogen-bond acceptors (Lipinski definition) is 1. The molecule has 0 saturated carbocycles. The molecule has 1 aromatic carbocycles. The van der Waals surface area contributed by atoms with E-state index in [2.05, 4.69) is 109 Å². The second-order valence-corrected chi connectivity index (χ2v) is 9.68. The van der Waals surface area contributed by atoms with Crippen molar-refractivity contribution >= 4 is 12.0 Å². The first-order valence-corrected chi connectivity index (χ1v) is 11.5. The second-order valence-electron chi connectivity index (χ2n) is 9.68. The minimum absolute atomic E-state index is 0.514. The van der Waals surface area contributed by atoms with Crippen LogP contribution in [0.2, 0.25) is 0 Å². The van der Waals surface area contributed by atoms with E-state index in [1.807, 2.05) is 0 Å². The Morgan fingerprint density at radius 2 is 1.48 bits per heavy atom. The number of para-hydroxylation sites is 1. The lowest BCUT2D eigenvalue weighted by Crippen LogP contribution is -2.22. The van der Waals surface area contributed by atoms with Crippen LogP contribution in [0.25, 0.3) is 0 Å². The monoisotopic (exact) mass is 395 g/mol. The number of hydrogen-bond donors (Lipinski definition) is 0. The van der Waals surface area contributed by atoms with Gasteiger partial charge < -0.3 is 0 Å². The van der Waals surface area contributed by atoms with Crippen molar-refractivity contribution in [1.82, 2.24) is 0 Å². The van der Waals surface area contributed by atoms with E-state index in [0.717, 1.165) is 13.1 Å². The minimum Gasteiger partial charge on any atom is -0.229 e. The van der Waals surface area contributed by atoms with E-state index in [-0.39, 0.29) is 0 Å². The first-order valence-electron chi connectivity index (χ1n) is 11.5. The predicted molar refractivity (Wildman–Crippen MR) is 129 cm³/mol. The van der Waals surface area contributed by atoms with Gasteiger partial charge in [0.2, 0.25) is 6.34 Å². The van der Waals surface area contributed by atoms with Gasteiger partial charge in [0.25, 0.3) is 0 Å². The van der Waals surface area contributed by atoms with Crippen LogP contribution in [0.15, 0.2) is 41.1 Å². The zero-order chi connectivity index (χ0) is 21.9. The van der Waals surface area contributed by atoms with Crippen LogP contribution >= 0.6 is 0 Å². The van der Waals surface area contributed by atoms with Crippen LogP contribution in [0.4, 0.5) is 5.69 Å². The third-order valence-corrected chi connectivity index (χ3v) is 6.22. The van der Waals surface area contributed by atoms with Crippen LogP contribution < -0.4 is 4.90 Å². The van der Waals surface area contributed by atoms with E-state index in [0.29, 0.717) is 23.7 Å². The van der Waals surface area contributed by atoms with Crippen LogP contribution in [0.3, 0.4) is 0 Å². The summed E-state index contributed by atoms with van der Waals surface area (Å²) in [6.45, 7) is 25.0. The van der Waals surface area contributed by atoms with E-state index in [1.165, 1.54) is 33.7 Å². The van der Waals surface area contributed by atoms with Gasteiger partial charge in [-0.25, -0.2) is 9.48 Å².